The molecule has 0 atom stereocenters. The largest absolute Gasteiger partial charge is 0.306 e. The number of nitrogens with zero attached hydrogens (tertiary/aromatic N) is 2. The van der Waals surface area contributed by atoms with Crippen molar-refractivity contribution in [2.75, 3.05) is 13.1 Å². The van der Waals surface area contributed by atoms with Crippen molar-refractivity contribution in [1.29, 1.82) is 0 Å². The number of pyridine rings is 1. The second-order valence-corrected chi connectivity index (χ2v) is 9.87. The van der Waals surface area contributed by atoms with E-state index < -0.39 is 15.6 Å². The maximum atomic E-state index is 12.6. The van der Waals surface area contributed by atoms with Gasteiger partial charge in [0.2, 0.25) is 10.0 Å². The van der Waals surface area contributed by atoms with Crippen molar-refractivity contribution in [3.05, 3.63) is 49.5 Å². The van der Waals surface area contributed by atoms with Gasteiger partial charge in [-0.05, 0) is 47.0 Å². The highest BCUT2D eigenvalue weighted by Gasteiger charge is 2.27. The summed E-state index contributed by atoms with van der Waals surface area (Å²) in [5.41, 5.74) is -0.403. The van der Waals surface area contributed by atoms with Gasteiger partial charge in [-0.3, -0.25) is 9.59 Å². The molecule has 0 aromatic carbocycles. The summed E-state index contributed by atoms with van der Waals surface area (Å²) in [6.07, 6.45) is 2.94. The van der Waals surface area contributed by atoms with Crippen LogP contribution in [0.2, 0.25) is 0 Å². The third kappa shape index (κ3) is 3.53. The van der Waals surface area contributed by atoms with E-state index in [-0.39, 0.29) is 17.2 Å². The van der Waals surface area contributed by atoms with E-state index in [0.717, 1.165) is 21.2 Å². The lowest BCUT2D eigenvalue weighted by atomic mass is 10.3. The molecule has 1 fully saturated rings. The lowest BCUT2D eigenvalue weighted by Crippen LogP contribution is -2.30. The number of aromatic nitrogens is 1. The number of Topliss-reactive ketones (excluding diaryl/α,β-unsaturated/α-hetero) is 1. The molecule has 9 heteroatoms. The van der Waals surface area contributed by atoms with Gasteiger partial charge >= 0.3 is 0 Å². The van der Waals surface area contributed by atoms with Gasteiger partial charge in [0.05, 0.1) is 20.1 Å². The molecule has 0 N–H and O–H groups in total. The van der Waals surface area contributed by atoms with Crippen LogP contribution >= 0.6 is 27.3 Å². The minimum Gasteiger partial charge on any atom is -0.306 e. The fraction of sp³-hybridized carbons (Fsp3) is 0.333. The predicted molar refractivity (Wildman–Crippen MR) is 95.0 cm³/mol. The van der Waals surface area contributed by atoms with Crippen LogP contribution in [-0.4, -0.2) is 36.2 Å². The molecular formula is C15H15BrN2O4S2. The molecule has 1 aliphatic heterocycles. The summed E-state index contributed by atoms with van der Waals surface area (Å²) in [6.45, 7) is 0.794. The highest BCUT2D eigenvalue weighted by Crippen LogP contribution is 2.23. The Morgan fingerprint density at radius 2 is 1.88 bits per heavy atom. The van der Waals surface area contributed by atoms with Gasteiger partial charge in [0.25, 0.3) is 5.56 Å². The Morgan fingerprint density at radius 1 is 1.17 bits per heavy atom. The summed E-state index contributed by atoms with van der Waals surface area (Å²) in [5, 5.41) is 0. The van der Waals surface area contributed by atoms with Crippen LogP contribution < -0.4 is 5.56 Å². The normalized spacial score (nSPS) is 15.7. The first-order valence-corrected chi connectivity index (χ1v) is 10.4. The second kappa shape index (κ2) is 6.91. The average Bonchev–Trinajstić information content (AvgIpc) is 3.20. The SMILES string of the molecule is O=C(Cn1cc(S(=O)(=O)N2CCCC2)ccc1=O)c1ccc(Br)s1. The van der Waals surface area contributed by atoms with E-state index in [1.54, 1.807) is 12.1 Å². The van der Waals surface area contributed by atoms with E-state index in [4.69, 9.17) is 0 Å². The molecule has 128 valence electrons. The molecule has 0 bridgehead atoms. The molecule has 1 saturated heterocycles. The Hall–Kier alpha value is -1.29. The fourth-order valence-electron chi connectivity index (χ4n) is 2.56. The minimum absolute atomic E-state index is 0.0455. The molecule has 0 spiro atoms. The van der Waals surface area contributed by atoms with Gasteiger partial charge in [-0.25, -0.2) is 8.42 Å². The van der Waals surface area contributed by atoms with Crippen LogP contribution in [-0.2, 0) is 16.6 Å². The highest BCUT2D eigenvalue weighted by atomic mass is 79.9. The summed E-state index contributed by atoms with van der Waals surface area (Å²) >= 11 is 4.57. The summed E-state index contributed by atoms with van der Waals surface area (Å²) < 4.78 is 28.5. The Bertz CT molecular complexity index is 927. The van der Waals surface area contributed by atoms with Crippen molar-refractivity contribution in [1.82, 2.24) is 8.87 Å². The standard InChI is InChI=1S/C15H15BrN2O4S2/c16-14-5-4-13(23-14)12(19)10-17-9-11(3-6-15(17)20)24(21,22)18-7-1-2-8-18/h3-6,9H,1-2,7-8,10H2. The van der Waals surface area contributed by atoms with E-state index in [1.807, 2.05) is 0 Å². The van der Waals surface area contributed by atoms with Crippen LogP contribution in [0.5, 0.6) is 0 Å². The van der Waals surface area contributed by atoms with E-state index in [2.05, 4.69) is 15.9 Å². The Balaban J connectivity index is 1.89. The molecular weight excluding hydrogens is 416 g/mol. The number of thiophene rings is 1. The predicted octanol–water partition coefficient (Wildman–Crippen LogP) is 2.34. The van der Waals surface area contributed by atoms with Crippen molar-refractivity contribution in [3.63, 3.8) is 0 Å². The van der Waals surface area contributed by atoms with Crippen LogP contribution in [0.3, 0.4) is 0 Å². The van der Waals surface area contributed by atoms with Crippen molar-refractivity contribution >= 4 is 43.1 Å². The molecule has 3 rings (SSSR count). The van der Waals surface area contributed by atoms with Gasteiger partial charge in [-0.1, -0.05) is 0 Å². The van der Waals surface area contributed by atoms with Gasteiger partial charge in [0.1, 0.15) is 0 Å². The number of carbonyl (C=O) groups excluding carboxylic acids is 1. The molecule has 2 aromatic rings. The first kappa shape index (κ1) is 17.5. The number of sulfonamides is 1. The van der Waals surface area contributed by atoms with Gasteiger partial charge in [0.15, 0.2) is 5.78 Å². The van der Waals surface area contributed by atoms with Gasteiger partial charge in [-0.15, -0.1) is 11.3 Å². The summed E-state index contributed by atoms with van der Waals surface area (Å²) in [5.74, 6) is -0.233. The smallest absolute Gasteiger partial charge is 0.251 e. The van der Waals surface area contributed by atoms with Crippen molar-refractivity contribution in [2.45, 2.75) is 24.3 Å². The molecule has 24 heavy (non-hydrogen) atoms. The van der Waals surface area contributed by atoms with Crippen molar-refractivity contribution < 1.29 is 13.2 Å². The van der Waals surface area contributed by atoms with Gasteiger partial charge in [0, 0.05) is 25.4 Å². The fourth-order valence-corrected chi connectivity index (χ4v) is 5.41. The number of halogens is 1. The third-order valence-electron chi connectivity index (χ3n) is 3.82. The highest BCUT2D eigenvalue weighted by molar-refractivity contribution is 9.11. The molecule has 1 aliphatic rings. The molecule has 0 unspecified atom stereocenters. The Morgan fingerprint density at radius 3 is 2.50 bits per heavy atom. The monoisotopic (exact) mass is 430 g/mol. The van der Waals surface area contributed by atoms with Crippen molar-refractivity contribution in [3.8, 4) is 0 Å². The topological polar surface area (TPSA) is 76.5 Å². The number of hydrogen-bond acceptors (Lipinski definition) is 5. The maximum absolute atomic E-state index is 12.6. The zero-order chi connectivity index (χ0) is 17.3. The van der Waals surface area contributed by atoms with Gasteiger partial charge < -0.3 is 4.57 Å². The molecule has 0 aliphatic carbocycles. The number of hydrogen-bond donors (Lipinski definition) is 0. The Kier molecular flexibility index (Phi) is 5.05. The van der Waals surface area contributed by atoms with Crippen LogP contribution in [0.1, 0.15) is 22.5 Å². The van der Waals surface area contributed by atoms with E-state index in [9.17, 15) is 18.0 Å². The average molecular weight is 431 g/mol. The summed E-state index contributed by atoms with van der Waals surface area (Å²) in [7, 11) is -3.62. The van der Waals surface area contributed by atoms with E-state index >= 15 is 0 Å². The van der Waals surface area contributed by atoms with Crippen molar-refractivity contribution in [2.24, 2.45) is 0 Å². The zero-order valence-electron chi connectivity index (χ0n) is 12.6. The molecule has 0 saturated carbocycles. The molecule has 3 heterocycles. The second-order valence-electron chi connectivity index (χ2n) is 5.47. The first-order valence-electron chi connectivity index (χ1n) is 7.37. The lowest BCUT2D eigenvalue weighted by Gasteiger charge is -2.16. The van der Waals surface area contributed by atoms with Crippen LogP contribution in [0, 0.1) is 0 Å². The zero-order valence-corrected chi connectivity index (χ0v) is 15.9. The minimum atomic E-state index is -3.62. The molecule has 0 amide bonds. The van der Waals surface area contributed by atoms with E-state index in [1.165, 1.54) is 34.0 Å². The van der Waals surface area contributed by atoms with E-state index in [0.29, 0.717) is 18.0 Å². The van der Waals surface area contributed by atoms with Crippen LogP contribution in [0.15, 0.2) is 43.9 Å². The van der Waals surface area contributed by atoms with Crippen LogP contribution in [0.4, 0.5) is 0 Å². The molecule has 2 aromatic heterocycles. The van der Waals surface area contributed by atoms with Gasteiger partial charge in [-0.2, -0.15) is 4.31 Å². The quantitative estimate of drug-likeness (QED) is 0.682. The lowest BCUT2D eigenvalue weighted by molar-refractivity contribution is 0.0974. The first-order chi connectivity index (χ1) is 11.4. The Labute approximate surface area is 151 Å². The molecule has 6 nitrogen and oxygen atoms in total. The number of rotatable bonds is 5. The summed E-state index contributed by atoms with van der Waals surface area (Å²) in [6, 6.07) is 5.93. The van der Waals surface area contributed by atoms with Crippen LogP contribution in [0.25, 0.3) is 0 Å². The number of carbonyl (C=O) groups is 1. The molecule has 0 radical (unpaired) electrons. The summed E-state index contributed by atoms with van der Waals surface area (Å²) in [4.78, 5) is 24.8. The maximum Gasteiger partial charge on any atom is 0.251 e. The number of ketones is 1. The third-order valence-corrected chi connectivity index (χ3v) is 7.37.